The smallest absolute Gasteiger partial charge is 0.230 e. The number of aromatic nitrogens is 3. The van der Waals surface area contributed by atoms with Crippen LogP contribution in [-0.2, 0) is 31.9 Å². The fourth-order valence-electron chi connectivity index (χ4n) is 4.94. The molecule has 0 aliphatic carbocycles. The summed E-state index contributed by atoms with van der Waals surface area (Å²) in [4.78, 5) is 14.3. The molecule has 0 fully saturated rings. The maximum absolute atomic E-state index is 10.7. The molecule has 0 saturated heterocycles. The van der Waals surface area contributed by atoms with Gasteiger partial charge in [-0.25, -0.2) is 4.98 Å². The van der Waals surface area contributed by atoms with E-state index in [-0.39, 0.29) is 37.6 Å². The number of aromatic hydroxyl groups is 1. The second-order valence-electron chi connectivity index (χ2n) is 12.3. The number of nitrogens with zero attached hydrogens (tertiary/aromatic N) is 3. The number of phenols is 1. The molecule has 0 saturated carbocycles. The van der Waals surface area contributed by atoms with Gasteiger partial charge >= 0.3 is 0 Å². The van der Waals surface area contributed by atoms with Crippen molar-refractivity contribution in [3.8, 4) is 39.6 Å². The van der Waals surface area contributed by atoms with E-state index >= 15 is 0 Å². The Hall–Kier alpha value is -3.82. The number of hydrogen-bond donors (Lipinski definition) is 1. The fraction of sp³-hybridized carbons (Fsp3) is 0.229. The van der Waals surface area contributed by atoms with Gasteiger partial charge in [0.05, 0.1) is 5.56 Å². The summed E-state index contributed by atoms with van der Waals surface area (Å²) in [6, 6.07) is 25.6. The molecular weight excluding hydrogens is 689 g/mol. The molecule has 0 radical (unpaired) electrons. The monoisotopic (exact) mass is 721 g/mol. The summed E-state index contributed by atoms with van der Waals surface area (Å²) < 4.78 is 6.20. The third kappa shape index (κ3) is 5.44. The Bertz CT molecular complexity index is 1890. The molecule has 0 aliphatic rings. The van der Waals surface area contributed by atoms with Crippen LogP contribution in [0, 0.1) is 6.07 Å². The number of phenolic OH excluding ortho intramolecular Hbond substituents is 1. The van der Waals surface area contributed by atoms with Crippen LogP contribution in [0.5, 0.6) is 5.75 Å². The molecule has 0 aliphatic heterocycles. The van der Waals surface area contributed by atoms with Crippen LogP contribution < -0.4 is 0 Å². The maximum atomic E-state index is 10.7. The molecule has 1 N–H and O–H groups in total. The first-order valence-corrected chi connectivity index (χ1v) is 13.5. The van der Waals surface area contributed by atoms with Crippen LogP contribution in [0.4, 0.5) is 0 Å². The number of pyridine rings is 2. The van der Waals surface area contributed by atoms with Gasteiger partial charge in [-0.3, -0.25) is 9.97 Å². The predicted octanol–water partition coefficient (Wildman–Crippen LogP) is 8.87. The van der Waals surface area contributed by atoms with Crippen molar-refractivity contribution in [1.82, 2.24) is 15.0 Å². The Morgan fingerprint density at radius 1 is 0.707 bits per heavy atom. The van der Waals surface area contributed by atoms with Crippen LogP contribution >= 0.6 is 0 Å². The second-order valence-corrected chi connectivity index (χ2v) is 12.3. The Kier molecular flexibility index (Phi) is 7.38. The molecule has 0 bridgehead atoms. The molecule has 0 amide bonds. The molecule has 0 atom stereocenters. The van der Waals surface area contributed by atoms with Gasteiger partial charge in [-0.2, -0.15) is 0 Å². The van der Waals surface area contributed by atoms with E-state index in [0.29, 0.717) is 28.2 Å². The molecule has 3 aromatic heterocycles. The van der Waals surface area contributed by atoms with Crippen LogP contribution in [0.3, 0.4) is 0 Å². The van der Waals surface area contributed by atoms with Crippen molar-refractivity contribution in [3.63, 3.8) is 0 Å². The van der Waals surface area contributed by atoms with E-state index in [4.69, 9.17) is 14.4 Å². The van der Waals surface area contributed by atoms with E-state index in [2.05, 4.69) is 89.0 Å². The van der Waals surface area contributed by atoms with Crippen LogP contribution in [0.2, 0.25) is 0 Å². The van der Waals surface area contributed by atoms with Crippen LogP contribution in [0.15, 0.2) is 83.5 Å². The number of fused-ring (bicyclic) bond motifs is 2. The molecule has 5 nitrogen and oxygen atoms in total. The summed E-state index contributed by atoms with van der Waals surface area (Å²) in [5.74, 6) is 0.486. The zero-order valence-corrected chi connectivity index (χ0v) is 26.3. The Morgan fingerprint density at radius 2 is 1.44 bits per heavy atom. The van der Waals surface area contributed by atoms with Crippen molar-refractivity contribution in [2.75, 3.05) is 0 Å². The molecular formula is C35H32N3O2Pt-. The molecule has 210 valence electrons. The largest absolute Gasteiger partial charge is 0.507 e. The normalized spacial score (nSPS) is 12.0. The average Bonchev–Trinajstić information content (AvgIpc) is 3.36. The van der Waals surface area contributed by atoms with Crippen LogP contribution in [0.1, 0.15) is 52.7 Å². The number of para-hydroxylation sites is 1. The molecule has 0 unspecified atom stereocenters. The summed E-state index contributed by atoms with van der Waals surface area (Å²) in [5, 5.41) is 11.8. The summed E-state index contributed by atoms with van der Waals surface area (Å²) >= 11 is 0. The van der Waals surface area contributed by atoms with Crippen molar-refractivity contribution in [1.29, 1.82) is 0 Å². The predicted molar refractivity (Wildman–Crippen MR) is 161 cm³/mol. The van der Waals surface area contributed by atoms with Gasteiger partial charge in [-0.15, -0.1) is 29.3 Å². The summed E-state index contributed by atoms with van der Waals surface area (Å²) in [6.45, 7) is 13.0. The summed E-state index contributed by atoms with van der Waals surface area (Å²) in [7, 11) is 0. The molecule has 0 spiro atoms. The second kappa shape index (κ2) is 10.5. The topological polar surface area (TPSA) is 72.0 Å². The van der Waals surface area contributed by atoms with Crippen molar-refractivity contribution in [3.05, 3.63) is 96.3 Å². The first-order valence-electron chi connectivity index (χ1n) is 13.5. The SMILES string of the molecule is CC(C)(C)c1cc(-c2cccc3cccnc23)[c-]c(-c2nccc3oc(-c4cc(C(C)(C)C)ccc4O)nc23)c1.[Pt]. The van der Waals surface area contributed by atoms with Crippen molar-refractivity contribution >= 4 is 22.0 Å². The summed E-state index contributed by atoms with van der Waals surface area (Å²) in [5.41, 5.74) is 8.23. The standard InChI is InChI=1S/C35H32N3O2.Pt/c1-34(2,3)24-12-13-28(39)27(20-24)33-38-32-29(40-33)14-16-37-31(32)23-17-22(18-25(19-23)35(4,5)6)26-11-7-9-21-10-8-15-36-30(21)26;/h7-16,18-20,39H,1-6H3;/q-1;. The Labute approximate surface area is 255 Å². The molecule has 3 heterocycles. The van der Waals surface area contributed by atoms with Gasteiger partial charge in [-0.1, -0.05) is 83.0 Å². The molecule has 6 rings (SSSR count). The summed E-state index contributed by atoms with van der Waals surface area (Å²) in [6.07, 6.45) is 3.55. The first kappa shape index (κ1) is 28.7. The van der Waals surface area contributed by atoms with E-state index in [1.165, 1.54) is 0 Å². The number of rotatable bonds is 3. The van der Waals surface area contributed by atoms with Gasteiger partial charge in [0.15, 0.2) is 5.58 Å². The third-order valence-corrected chi connectivity index (χ3v) is 7.31. The van der Waals surface area contributed by atoms with E-state index < -0.39 is 0 Å². The Morgan fingerprint density at radius 3 is 2.20 bits per heavy atom. The molecule has 6 aromatic rings. The van der Waals surface area contributed by atoms with E-state index in [1.54, 1.807) is 12.3 Å². The molecule has 3 aromatic carbocycles. The van der Waals surface area contributed by atoms with Crippen molar-refractivity contribution in [2.45, 2.75) is 52.4 Å². The van der Waals surface area contributed by atoms with Gasteiger partial charge in [0, 0.05) is 50.7 Å². The van der Waals surface area contributed by atoms with Gasteiger partial charge < -0.3 is 9.52 Å². The van der Waals surface area contributed by atoms with E-state index in [1.807, 2.05) is 30.5 Å². The average molecular weight is 722 g/mol. The number of hydrogen-bond acceptors (Lipinski definition) is 5. The van der Waals surface area contributed by atoms with Gasteiger partial charge in [0.2, 0.25) is 5.89 Å². The minimum atomic E-state index is -0.112. The van der Waals surface area contributed by atoms with Crippen LogP contribution in [0.25, 0.3) is 55.8 Å². The first-order chi connectivity index (χ1) is 19.0. The Balaban J connectivity index is 0.00000337. The van der Waals surface area contributed by atoms with E-state index in [9.17, 15) is 5.11 Å². The molecule has 41 heavy (non-hydrogen) atoms. The van der Waals surface area contributed by atoms with Gasteiger partial charge in [0.25, 0.3) is 0 Å². The quantitative estimate of drug-likeness (QED) is 0.185. The van der Waals surface area contributed by atoms with Gasteiger partial charge in [0.1, 0.15) is 11.3 Å². The van der Waals surface area contributed by atoms with E-state index in [0.717, 1.165) is 38.7 Å². The maximum Gasteiger partial charge on any atom is 0.230 e. The zero-order valence-electron chi connectivity index (χ0n) is 24.0. The molecule has 6 heteroatoms. The minimum Gasteiger partial charge on any atom is -0.507 e. The number of oxazole rings is 1. The zero-order chi connectivity index (χ0) is 28.2. The third-order valence-electron chi connectivity index (χ3n) is 7.31. The van der Waals surface area contributed by atoms with Crippen molar-refractivity contribution in [2.24, 2.45) is 0 Å². The number of benzene rings is 3. The fourth-order valence-corrected chi connectivity index (χ4v) is 4.94. The minimum absolute atomic E-state index is 0. The van der Waals surface area contributed by atoms with Gasteiger partial charge in [-0.05, 0) is 40.0 Å². The van der Waals surface area contributed by atoms with Crippen LogP contribution in [-0.4, -0.2) is 20.1 Å². The van der Waals surface area contributed by atoms with Crippen molar-refractivity contribution < 1.29 is 30.6 Å².